The lowest BCUT2D eigenvalue weighted by molar-refractivity contribution is 1.22. The van der Waals surface area contributed by atoms with Crippen LogP contribution in [0.2, 0.25) is 0 Å². The van der Waals surface area contributed by atoms with Gasteiger partial charge in [0, 0.05) is 17.3 Å². The van der Waals surface area contributed by atoms with Crippen molar-refractivity contribution in [2.75, 3.05) is 0 Å². The molecule has 0 N–H and O–H groups in total. The zero-order valence-corrected chi connectivity index (χ0v) is 12.4. The summed E-state index contributed by atoms with van der Waals surface area (Å²) in [5, 5.41) is 1.18. The standard InChI is InChI=1S/C19H18N2/c1-4-15(12-11-14(2)3)21-17-9-6-5-8-16(17)19-18(21)10-7-13-20-19/h4-13H,2H2,1,3H3/b12-11-,15-4+. The lowest BCUT2D eigenvalue weighted by Gasteiger charge is -2.08. The minimum atomic E-state index is 1.04. The van der Waals surface area contributed by atoms with Crippen LogP contribution in [0.4, 0.5) is 0 Å². The maximum absolute atomic E-state index is 4.55. The van der Waals surface area contributed by atoms with Crippen LogP contribution < -0.4 is 0 Å². The first-order valence-electron chi connectivity index (χ1n) is 7.07. The van der Waals surface area contributed by atoms with Gasteiger partial charge in [0.05, 0.1) is 16.6 Å². The molecular weight excluding hydrogens is 256 g/mol. The number of aromatic nitrogens is 2. The van der Waals surface area contributed by atoms with E-state index < -0.39 is 0 Å². The first-order valence-corrected chi connectivity index (χ1v) is 7.07. The second-order valence-corrected chi connectivity index (χ2v) is 5.12. The first kappa shape index (κ1) is 13.4. The monoisotopic (exact) mass is 274 g/mol. The van der Waals surface area contributed by atoms with E-state index in [0.717, 1.165) is 22.3 Å². The summed E-state index contributed by atoms with van der Waals surface area (Å²) in [5.41, 5.74) is 5.49. The molecule has 0 spiro atoms. The molecule has 104 valence electrons. The average Bonchev–Trinajstić information content (AvgIpc) is 2.83. The fourth-order valence-electron chi connectivity index (χ4n) is 2.59. The Morgan fingerprint density at radius 3 is 2.62 bits per heavy atom. The Morgan fingerprint density at radius 2 is 1.86 bits per heavy atom. The highest BCUT2D eigenvalue weighted by Gasteiger charge is 2.11. The number of rotatable bonds is 3. The summed E-state index contributed by atoms with van der Waals surface area (Å²) in [6, 6.07) is 12.5. The molecule has 21 heavy (non-hydrogen) atoms. The van der Waals surface area contributed by atoms with E-state index in [-0.39, 0.29) is 0 Å². The van der Waals surface area contributed by atoms with Crippen LogP contribution in [0, 0.1) is 0 Å². The number of fused-ring (bicyclic) bond motifs is 3. The third-order valence-corrected chi connectivity index (χ3v) is 3.52. The van der Waals surface area contributed by atoms with E-state index in [1.54, 1.807) is 0 Å². The third-order valence-electron chi connectivity index (χ3n) is 3.52. The average molecular weight is 274 g/mol. The molecule has 0 amide bonds. The van der Waals surface area contributed by atoms with Crippen molar-refractivity contribution in [1.82, 2.24) is 9.55 Å². The van der Waals surface area contributed by atoms with Gasteiger partial charge in [-0.25, -0.2) is 0 Å². The fraction of sp³-hybridized carbons (Fsp3) is 0.105. The molecule has 3 aromatic rings. The summed E-state index contributed by atoms with van der Waals surface area (Å²) >= 11 is 0. The van der Waals surface area contributed by atoms with Gasteiger partial charge in [0.1, 0.15) is 0 Å². The van der Waals surface area contributed by atoms with Crippen LogP contribution in [0.1, 0.15) is 13.8 Å². The van der Waals surface area contributed by atoms with Crippen LogP contribution in [-0.2, 0) is 0 Å². The van der Waals surface area contributed by atoms with Crippen LogP contribution >= 0.6 is 0 Å². The largest absolute Gasteiger partial charge is 0.308 e. The summed E-state index contributed by atoms with van der Waals surface area (Å²) in [6.07, 6.45) is 8.09. The highest BCUT2D eigenvalue weighted by Crippen LogP contribution is 2.30. The summed E-state index contributed by atoms with van der Waals surface area (Å²) in [5.74, 6) is 0. The molecule has 2 aromatic heterocycles. The van der Waals surface area contributed by atoms with Crippen LogP contribution in [0.5, 0.6) is 0 Å². The molecule has 0 saturated heterocycles. The molecular formula is C19H18N2. The lowest BCUT2D eigenvalue weighted by Crippen LogP contribution is -1.94. The van der Waals surface area contributed by atoms with Crippen LogP contribution in [0.3, 0.4) is 0 Å². The van der Waals surface area contributed by atoms with E-state index in [1.807, 2.05) is 25.3 Å². The van der Waals surface area contributed by atoms with E-state index in [4.69, 9.17) is 0 Å². The van der Waals surface area contributed by atoms with Gasteiger partial charge in [0.25, 0.3) is 0 Å². The molecule has 0 aliphatic carbocycles. The van der Waals surface area contributed by atoms with Gasteiger partial charge in [-0.1, -0.05) is 42.5 Å². The Morgan fingerprint density at radius 1 is 1.10 bits per heavy atom. The molecule has 0 atom stereocenters. The van der Waals surface area contributed by atoms with Gasteiger partial charge in [0.2, 0.25) is 0 Å². The van der Waals surface area contributed by atoms with Crippen molar-refractivity contribution >= 4 is 27.6 Å². The zero-order valence-electron chi connectivity index (χ0n) is 12.4. The number of pyridine rings is 1. The van der Waals surface area contributed by atoms with Crippen LogP contribution in [0.15, 0.2) is 73.0 Å². The van der Waals surface area contributed by atoms with Crippen LogP contribution in [-0.4, -0.2) is 9.55 Å². The van der Waals surface area contributed by atoms with E-state index in [1.165, 1.54) is 10.9 Å². The second-order valence-electron chi connectivity index (χ2n) is 5.12. The van der Waals surface area contributed by atoms with Crippen molar-refractivity contribution < 1.29 is 0 Å². The van der Waals surface area contributed by atoms with Crippen LogP contribution in [0.25, 0.3) is 27.6 Å². The Labute approximate surface area is 124 Å². The van der Waals surface area contributed by atoms with Crippen molar-refractivity contribution in [2.24, 2.45) is 0 Å². The van der Waals surface area contributed by atoms with E-state index in [2.05, 4.69) is 65.5 Å². The summed E-state index contributed by atoms with van der Waals surface area (Å²) in [4.78, 5) is 4.55. The van der Waals surface area contributed by atoms with E-state index in [0.29, 0.717) is 0 Å². The summed E-state index contributed by atoms with van der Waals surface area (Å²) in [6.45, 7) is 7.98. The predicted molar refractivity (Wildman–Crippen MR) is 91.1 cm³/mol. The third kappa shape index (κ3) is 2.29. The smallest absolute Gasteiger partial charge is 0.0963 e. The maximum atomic E-state index is 4.55. The van der Waals surface area contributed by atoms with Crippen molar-refractivity contribution in [3.05, 3.63) is 73.0 Å². The molecule has 2 nitrogen and oxygen atoms in total. The van der Waals surface area contributed by atoms with Gasteiger partial charge < -0.3 is 4.57 Å². The molecule has 0 aliphatic rings. The van der Waals surface area contributed by atoms with Gasteiger partial charge in [0.15, 0.2) is 0 Å². The van der Waals surface area contributed by atoms with Gasteiger partial charge >= 0.3 is 0 Å². The summed E-state index contributed by atoms with van der Waals surface area (Å²) < 4.78 is 2.25. The Kier molecular flexibility index (Phi) is 3.44. The minimum Gasteiger partial charge on any atom is -0.308 e. The van der Waals surface area contributed by atoms with Crippen molar-refractivity contribution in [1.29, 1.82) is 0 Å². The number of hydrogen-bond donors (Lipinski definition) is 0. The summed E-state index contributed by atoms with van der Waals surface area (Å²) in [7, 11) is 0. The number of allylic oxidation sites excluding steroid dienone is 5. The number of nitrogens with zero attached hydrogens (tertiary/aromatic N) is 2. The highest BCUT2D eigenvalue weighted by atomic mass is 15.0. The molecule has 2 heterocycles. The molecule has 0 unspecified atom stereocenters. The Bertz CT molecular complexity index is 826. The van der Waals surface area contributed by atoms with Crippen molar-refractivity contribution in [2.45, 2.75) is 13.8 Å². The normalized spacial score (nSPS) is 12.6. The topological polar surface area (TPSA) is 17.8 Å². The van der Waals surface area contributed by atoms with Crippen molar-refractivity contribution in [3.8, 4) is 0 Å². The van der Waals surface area contributed by atoms with E-state index in [9.17, 15) is 0 Å². The maximum Gasteiger partial charge on any atom is 0.0963 e. The Balaban J connectivity index is 2.36. The SMILES string of the molecule is C=C(C)/C=C\C(=C/C)n1c2ccccc2c2ncccc21. The molecule has 0 saturated carbocycles. The number of benzene rings is 1. The van der Waals surface area contributed by atoms with Gasteiger partial charge in [-0.15, -0.1) is 0 Å². The second kappa shape index (κ2) is 5.41. The molecule has 2 heteroatoms. The quantitative estimate of drug-likeness (QED) is 0.601. The molecule has 0 fully saturated rings. The van der Waals surface area contributed by atoms with E-state index >= 15 is 0 Å². The predicted octanol–water partition coefficient (Wildman–Crippen LogP) is 5.18. The minimum absolute atomic E-state index is 1.04. The molecule has 1 aromatic carbocycles. The van der Waals surface area contributed by atoms with Crippen molar-refractivity contribution in [3.63, 3.8) is 0 Å². The lowest BCUT2D eigenvalue weighted by atomic mass is 10.2. The Hall–Kier alpha value is -2.61. The van der Waals surface area contributed by atoms with Gasteiger partial charge in [-0.3, -0.25) is 4.98 Å². The molecule has 3 rings (SSSR count). The molecule has 0 aliphatic heterocycles. The highest BCUT2D eigenvalue weighted by molar-refractivity contribution is 6.08. The molecule has 0 bridgehead atoms. The van der Waals surface area contributed by atoms with Gasteiger partial charge in [-0.05, 0) is 38.1 Å². The zero-order chi connectivity index (χ0) is 14.8. The fourth-order valence-corrected chi connectivity index (χ4v) is 2.59. The number of hydrogen-bond acceptors (Lipinski definition) is 1. The van der Waals surface area contributed by atoms with Gasteiger partial charge in [-0.2, -0.15) is 0 Å². The molecule has 0 radical (unpaired) electrons. The first-order chi connectivity index (χ1) is 10.2. The number of para-hydroxylation sites is 1.